The van der Waals surface area contributed by atoms with E-state index in [0.29, 0.717) is 5.57 Å². The molecule has 0 aliphatic carbocycles. The van der Waals surface area contributed by atoms with Crippen LogP contribution in [0.3, 0.4) is 0 Å². The summed E-state index contributed by atoms with van der Waals surface area (Å²) in [5, 5.41) is 0. The fourth-order valence-electron chi connectivity index (χ4n) is 0.834. The molecule has 0 aromatic heterocycles. The standard InChI is InChI=1S/C12H9BrO/c1-10(9-14)4-2-5-11-6-3-7-12(13)8-11/h3-4,6-9H,1H3/b10-4-. The Balaban J connectivity index is 2.83. The van der Waals surface area contributed by atoms with E-state index in [1.54, 1.807) is 13.0 Å². The minimum absolute atomic E-state index is 0.632. The summed E-state index contributed by atoms with van der Waals surface area (Å²) in [6, 6.07) is 7.71. The van der Waals surface area contributed by atoms with Gasteiger partial charge in [-0.05, 0) is 36.8 Å². The number of hydrogen-bond acceptors (Lipinski definition) is 1. The number of carbonyl (C=O) groups excluding carboxylic acids is 1. The summed E-state index contributed by atoms with van der Waals surface area (Å²) in [4.78, 5) is 10.3. The van der Waals surface area contributed by atoms with Crippen LogP contribution in [0.2, 0.25) is 0 Å². The largest absolute Gasteiger partial charge is 0.298 e. The molecule has 0 fully saturated rings. The Bertz CT molecular complexity index is 421. The van der Waals surface area contributed by atoms with Crippen molar-refractivity contribution in [3.05, 3.63) is 46.0 Å². The van der Waals surface area contributed by atoms with E-state index in [1.165, 1.54) is 0 Å². The van der Waals surface area contributed by atoms with Crippen LogP contribution in [0.1, 0.15) is 12.5 Å². The topological polar surface area (TPSA) is 17.1 Å². The summed E-state index contributed by atoms with van der Waals surface area (Å²) in [5.41, 5.74) is 1.56. The van der Waals surface area contributed by atoms with E-state index in [1.807, 2.05) is 24.3 Å². The Morgan fingerprint density at radius 3 is 2.93 bits per heavy atom. The van der Waals surface area contributed by atoms with Gasteiger partial charge < -0.3 is 0 Å². The third-order valence-electron chi connectivity index (χ3n) is 1.53. The van der Waals surface area contributed by atoms with Crippen molar-refractivity contribution in [2.24, 2.45) is 0 Å². The molecule has 1 aromatic rings. The van der Waals surface area contributed by atoms with E-state index >= 15 is 0 Å². The Morgan fingerprint density at radius 1 is 1.50 bits per heavy atom. The number of benzene rings is 1. The molecule has 1 aromatic carbocycles. The molecule has 2 heteroatoms. The first-order chi connectivity index (χ1) is 6.72. The molecular weight excluding hydrogens is 240 g/mol. The number of aldehydes is 1. The van der Waals surface area contributed by atoms with Crippen molar-refractivity contribution in [2.75, 3.05) is 0 Å². The lowest BCUT2D eigenvalue weighted by Crippen LogP contribution is -1.74. The van der Waals surface area contributed by atoms with Gasteiger partial charge in [-0.25, -0.2) is 0 Å². The third-order valence-corrected chi connectivity index (χ3v) is 2.02. The highest BCUT2D eigenvalue weighted by molar-refractivity contribution is 9.10. The Morgan fingerprint density at radius 2 is 2.29 bits per heavy atom. The predicted molar refractivity (Wildman–Crippen MR) is 60.8 cm³/mol. The highest BCUT2D eigenvalue weighted by atomic mass is 79.9. The van der Waals surface area contributed by atoms with Gasteiger partial charge in [-0.15, -0.1) is 0 Å². The molecule has 0 saturated carbocycles. The molecule has 0 unspecified atom stereocenters. The normalized spacial score (nSPS) is 10.3. The monoisotopic (exact) mass is 248 g/mol. The first-order valence-electron chi connectivity index (χ1n) is 4.11. The zero-order chi connectivity index (χ0) is 10.4. The van der Waals surface area contributed by atoms with Gasteiger partial charge in [0.2, 0.25) is 0 Å². The average molecular weight is 249 g/mol. The van der Waals surface area contributed by atoms with Crippen molar-refractivity contribution >= 4 is 22.2 Å². The molecule has 14 heavy (non-hydrogen) atoms. The number of hydrogen-bond donors (Lipinski definition) is 0. The van der Waals surface area contributed by atoms with Crippen LogP contribution in [0, 0.1) is 11.8 Å². The molecule has 1 rings (SSSR count). The highest BCUT2D eigenvalue weighted by Crippen LogP contribution is 2.10. The van der Waals surface area contributed by atoms with Crippen LogP contribution in [0.5, 0.6) is 0 Å². The summed E-state index contributed by atoms with van der Waals surface area (Å²) in [5.74, 6) is 5.75. The molecule has 70 valence electrons. The SMILES string of the molecule is C/C(C=O)=C/C#Cc1cccc(Br)c1. The number of allylic oxidation sites excluding steroid dienone is 2. The van der Waals surface area contributed by atoms with Crippen molar-refractivity contribution in [3.8, 4) is 11.8 Å². The second-order valence-electron chi connectivity index (χ2n) is 2.79. The van der Waals surface area contributed by atoms with Gasteiger partial charge in [0.05, 0.1) is 0 Å². The van der Waals surface area contributed by atoms with Gasteiger partial charge in [0.1, 0.15) is 6.29 Å². The zero-order valence-electron chi connectivity index (χ0n) is 7.75. The summed E-state index contributed by atoms with van der Waals surface area (Å²) >= 11 is 3.36. The number of carbonyl (C=O) groups is 1. The van der Waals surface area contributed by atoms with E-state index < -0.39 is 0 Å². The van der Waals surface area contributed by atoms with Gasteiger partial charge in [-0.2, -0.15) is 0 Å². The van der Waals surface area contributed by atoms with Crippen LogP contribution in [0.15, 0.2) is 40.4 Å². The molecule has 0 heterocycles. The highest BCUT2D eigenvalue weighted by Gasteiger charge is 1.87. The molecule has 0 spiro atoms. The lowest BCUT2D eigenvalue weighted by atomic mass is 10.2. The van der Waals surface area contributed by atoms with Gasteiger partial charge in [0, 0.05) is 10.0 Å². The fourth-order valence-corrected chi connectivity index (χ4v) is 1.23. The van der Waals surface area contributed by atoms with Crippen molar-refractivity contribution in [1.29, 1.82) is 0 Å². The fraction of sp³-hybridized carbons (Fsp3) is 0.0833. The molecule has 0 aliphatic rings. The number of rotatable bonds is 1. The van der Waals surface area contributed by atoms with Gasteiger partial charge in [0.25, 0.3) is 0 Å². The van der Waals surface area contributed by atoms with Crippen LogP contribution in [-0.4, -0.2) is 6.29 Å². The second-order valence-corrected chi connectivity index (χ2v) is 3.70. The van der Waals surface area contributed by atoms with Gasteiger partial charge >= 0.3 is 0 Å². The van der Waals surface area contributed by atoms with E-state index in [4.69, 9.17) is 0 Å². The summed E-state index contributed by atoms with van der Waals surface area (Å²) in [6.45, 7) is 1.72. The smallest absolute Gasteiger partial charge is 0.146 e. The summed E-state index contributed by atoms with van der Waals surface area (Å²) in [6.07, 6.45) is 2.39. The predicted octanol–water partition coefficient (Wildman–Crippen LogP) is 2.95. The van der Waals surface area contributed by atoms with E-state index in [0.717, 1.165) is 16.3 Å². The molecule has 0 aliphatic heterocycles. The quantitative estimate of drug-likeness (QED) is 0.425. The zero-order valence-corrected chi connectivity index (χ0v) is 9.34. The van der Waals surface area contributed by atoms with Crippen LogP contribution < -0.4 is 0 Å². The van der Waals surface area contributed by atoms with Gasteiger partial charge in [0.15, 0.2) is 0 Å². The first kappa shape index (κ1) is 10.7. The van der Waals surface area contributed by atoms with Crippen LogP contribution >= 0.6 is 15.9 Å². The minimum Gasteiger partial charge on any atom is -0.298 e. The van der Waals surface area contributed by atoms with Gasteiger partial charge in [-0.1, -0.05) is 33.8 Å². The third kappa shape index (κ3) is 3.59. The summed E-state index contributed by atoms with van der Waals surface area (Å²) in [7, 11) is 0. The molecule has 0 atom stereocenters. The Kier molecular flexibility index (Phi) is 4.15. The maximum absolute atomic E-state index is 10.3. The Hall–Kier alpha value is -1.33. The van der Waals surface area contributed by atoms with E-state index in [9.17, 15) is 4.79 Å². The second kappa shape index (κ2) is 5.41. The van der Waals surface area contributed by atoms with Crippen molar-refractivity contribution in [1.82, 2.24) is 0 Å². The molecule has 0 amide bonds. The Labute approximate surface area is 92.0 Å². The molecular formula is C12H9BrO. The van der Waals surface area contributed by atoms with Crippen LogP contribution in [0.4, 0.5) is 0 Å². The van der Waals surface area contributed by atoms with Crippen molar-refractivity contribution < 1.29 is 4.79 Å². The van der Waals surface area contributed by atoms with Crippen molar-refractivity contribution in [2.45, 2.75) is 6.92 Å². The van der Waals surface area contributed by atoms with Crippen LogP contribution in [-0.2, 0) is 4.79 Å². The minimum atomic E-state index is 0.632. The molecule has 0 saturated heterocycles. The van der Waals surface area contributed by atoms with Crippen molar-refractivity contribution in [3.63, 3.8) is 0 Å². The maximum atomic E-state index is 10.3. The first-order valence-corrected chi connectivity index (χ1v) is 4.91. The van der Waals surface area contributed by atoms with Gasteiger partial charge in [-0.3, -0.25) is 4.79 Å². The van der Waals surface area contributed by atoms with Crippen LogP contribution in [0.25, 0.3) is 0 Å². The number of halogens is 1. The molecule has 0 bridgehead atoms. The lowest BCUT2D eigenvalue weighted by Gasteiger charge is -1.89. The lowest BCUT2D eigenvalue weighted by molar-refractivity contribution is -0.104. The summed E-state index contributed by atoms with van der Waals surface area (Å²) < 4.78 is 1.00. The molecule has 0 radical (unpaired) electrons. The maximum Gasteiger partial charge on any atom is 0.146 e. The molecule has 0 N–H and O–H groups in total. The van der Waals surface area contributed by atoms with E-state index in [-0.39, 0.29) is 0 Å². The van der Waals surface area contributed by atoms with E-state index in [2.05, 4.69) is 27.8 Å². The average Bonchev–Trinajstić information content (AvgIpc) is 2.17. The molecule has 1 nitrogen and oxygen atoms in total.